The molecule has 2 rings (SSSR count). The molecule has 5 nitrogen and oxygen atoms in total. The number of carbonyl (C=O) groups is 1. The first kappa shape index (κ1) is 13.1. The molecule has 0 radical (unpaired) electrons. The van der Waals surface area contributed by atoms with Crippen LogP contribution in [-0.2, 0) is 0 Å². The SMILES string of the molecule is COc1ccc(C(=O)N(C)[C@@H](C)c2ccncc2)o1. The van der Waals surface area contributed by atoms with Gasteiger partial charge in [-0.05, 0) is 30.7 Å². The van der Waals surface area contributed by atoms with Crippen molar-refractivity contribution in [1.29, 1.82) is 0 Å². The summed E-state index contributed by atoms with van der Waals surface area (Å²) in [5.74, 6) is 0.404. The fourth-order valence-corrected chi connectivity index (χ4v) is 1.76. The lowest BCUT2D eigenvalue weighted by Crippen LogP contribution is -2.29. The Morgan fingerprint density at radius 2 is 2.00 bits per heavy atom. The molecule has 0 aliphatic heterocycles. The Balaban J connectivity index is 2.15. The molecule has 0 spiro atoms. The molecule has 0 aromatic carbocycles. The summed E-state index contributed by atoms with van der Waals surface area (Å²) in [5, 5.41) is 0. The standard InChI is InChI=1S/C14H16N2O3/c1-10(11-6-8-15-9-7-11)16(2)14(17)12-4-5-13(18-3)19-12/h4-10H,1-3H3/t10-/m0/s1. The van der Waals surface area contributed by atoms with Crippen LogP contribution in [0.4, 0.5) is 0 Å². The van der Waals surface area contributed by atoms with Crippen LogP contribution in [0.15, 0.2) is 41.1 Å². The van der Waals surface area contributed by atoms with Crippen LogP contribution >= 0.6 is 0 Å². The molecule has 19 heavy (non-hydrogen) atoms. The Bertz CT molecular complexity index is 551. The van der Waals surface area contributed by atoms with Gasteiger partial charge >= 0.3 is 0 Å². The van der Waals surface area contributed by atoms with E-state index in [1.54, 1.807) is 36.5 Å². The molecule has 2 aromatic rings. The molecule has 0 bridgehead atoms. The molecule has 0 unspecified atom stereocenters. The maximum atomic E-state index is 12.2. The lowest BCUT2D eigenvalue weighted by molar-refractivity contribution is 0.0704. The summed E-state index contributed by atoms with van der Waals surface area (Å²) in [5.41, 5.74) is 1.02. The van der Waals surface area contributed by atoms with E-state index in [2.05, 4.69) is 4.98 Å². The minimum atomic E-state index is -0.187. The maximum absolute atomic E-state index is 12.2. The zero-order chi connectivity index (χ0) is 13.8. The van der Waals surface area contributed by atoms with Gasteiger partial charge in [-0.1, -0.05) is 0 Å². The molecule has 0 aliphatic rings. The summed E-state index contributed by atoms with van der Waals surface area (Å²) in [6.45, 7) is 1.95. The lowest BCUT2D eigenvalue weighted by Gasteiger charge is -2.24. The van der Waals surface area contributed by atoms with Gasteiger partial charge in [0.1, 0.15) is 0 Å². The second-order valence-electron chi connectivity index (χ2n) is 4.20. The highest BCUT2D eigenvalue weighted by Gasteiger charge is 2.21. The molecule has 0 fully saturated rings. The molecule has 0 saturated carbocycles. The molecule has 0 saturated heterocycles. The molecule has 2 heterocycles. The highest BCUT2D eigenvalue weighted by atomic mass is 16.6. The van der Waals surface area contributed by atoms with Gasteiger partial charge in [0, 0.05) is 25.5 Å². The lowest BCUT2D eigenvalue weighted by atomic mass is 10.1. The van der Waals surface area contributed by atoms with Gasteiger partial charge in [-0.15, -0.1) is 0 Å². The van der Waals surface area contributed by atoms with E-state index < -0.39 is 0 Å². The quantitative estimate of drug-likeness (QED) is 0.847. The third-order valence-corrected chi connectivity index (χ3v) is 3.08. The average Bonchev–Trinajstić information content (AvgIpc) is 2.94. The maximum Gasteiger partial charge on any atom is 0.289 e. The van der Waals surface area contributed by atoms with Crippen molar-refractivity contribution in [3.8, 4) is 5.95 Å². The first-order valence-corrected chi connectivity index (χ1v) is 5.94. The van der Waals surface area contributed by atoms with E-state index in [0.29, 0.717) is 5.95 Å². The van der Waals surface area contributed by atoms with E-state index in [-0.39, 0.29) is 17.7 Å². The molecule has 0 aliphatic carbocycles. The van der Waals surface area contributed by atoms with Crippen molar-refractivity contribution in [2.75, 3.05) is 14.2 Å². The number of hydrogen-bond acceptors (Lipinski definition) is 4. The van der Waals surface area contributed by atoms with Crippen LogP contribution in [-0.4, -0.2) is 29.9 Å². The van der Waals surface area contributed by atoms with Crippen LogP contribution in [0.3, 0.4) is 0 Å². The van der Waals surface area contributed by atoms with Gasteiger partial charge < -0.3 is 14.1 Å². The number of amides is 1. The zero-order valence-corrected chi connectivity index (χ0v) is 11.2. The van der Waals surface area contributed by atoms with E-state index >= 15 is 0 Å². The highest BCUT2D eigenvalue weighted by Crippen LogP contribution is 2.22. The third kappa shape index (κ3) is 2.76. The highest BCUT2D eigenvalue weighted by molar-refractivity contribution is 5.91. The van der Waals surface area contributed by atoms with Crippen molar-refractivity contribution in [1.82, 2.24) is 9.88 Å². The Morgan fingerprint density at radius 1 is 1.32 bits per heavy atom. The van der Waals surface area contributed by atoms with Crippen molar-refractivity contribution in [2.45, 2.75) is 13.0 Å². The molecule has 5 heteroatoms. The smallest absolute Gasteiger partial charge is 0.289 e. The first-order chi connectivity index (χ1) is 9.13. The largest absolute Gasteiger partial charge is 0.468 e. The fraction of sp³-hybridized carbons (Fsp3) is 0.286. The van der Waals surface area contributed by atoms with Crippen LogP contribution in [0.25, 0.3) is 0 Å². The number of carbonyl (C=O) groups excluding carboxylic acids is 1. The van der Waals surface area contributed by atoms with Crippen molar-refractivity contribution < 1.29 is 13.9 Å². The van der Waals surface area contributed by atoms with E-state index in [4.69, 9.17) is 9.15 Å². The number of pyridine rings is 1. The summed E-state index contributed by atoms with van der Waals surface area (Å²) in [6, 6.07) is 6.94. The summed E-state index contributed by atoms with van der Waals surface area (Å²) in [7, 11) is 3.23. The van der Waals surface area contributed by atoms with E-state index in [1.807, 2.05) is 19.1 Å². The number of aromatic nitrogens is 1. The Hall–Kier alpha value is -2.30. The number of rotatable bonds is 4. The van der Waals surface area contributed by atoms with Crippen molar-refractivity contribution in [2.24, 2.45) is 0 Å². The van der Waals surface area contributed by atoms with Crippen LogP contribution in [0, 0.1) is 0 Å². The van der Waals surface area contributed by atoms with Gasteiger partial charge in [0.25, 0.3) is 11.9 Å². The van der Waals surface area contributed by atoms with Crippen molar-refractivity contribution in [3.05, 3.63) is 48.0 Å². The Labute approximate surface area is 111 Å². The molecule has 2 aromatic heterocycles. The predicted molar refractivity (Wildman–Crippen MR) is 70.0 cm³/mol. The van der Waals surface area contributed by atoms with Crippen LogP contribution in [0.2, 0.25) is 0 Å². The molecule has 1 atom stereocenters. The van der Waals surface area contributed by atoms with Crippen molar-refractivity contribution in [3.63, 3.8) is 0 Å². The van der Waals surface area contributed by atoms with Gasteiger partial charge in [0.15, 0.2) is 5.76 Å². The van der Waals surface area contributed by atoms with E-state index in [0.717, 1.165) is 5.56 Å². The topological polar surface area (TPSA) is 55.6 Å². The molecular weight excluding hydrogens is 244 g/mol. The molecule has 0 N–H and O–H groups in total. The summed E-state index contributed by atoms with van der Waals surface area (Å²) in [4.78, 5) is 17.8. The number of furan rings is 1. The summed E-state index contributed by atoms with van der Waals surface area (Å²) < 4.78 is 10.2. The monoisotopic (exact) mass is 260 g/mol. The third-order valence-electron chi connectivity index (χ3n) is 3.08. The van der Waals surface area contributed by atoms with Gasteiger partial charge in [0.2, 0.25) is 0 Å². The first-order valence-electron chi connectivity index (χ1n) is 5.94. The predicted octanol–water partition coefficient (Wildman–Crippen LogP) is 2.52. The minimum Gasteiger partial charge on any atom is -0.468 e. The molecule has 100 valence electrons. The van der Waals surface area contributed by atoms with E-state index in [1.165, 1.54) is 7.11 Å². The van der Waals surface area contributed by atoms with Crippen LogP contribution in [0.5, 0.6) is 5.95 Å². The van der Waals surface area contributed by atoms with Gasteiger partial charge in [-0.2, -0.15) is 0 Å². The minimum absolute atomic E-state index is 0.0633. The number of methoxy groups -OCH3 is 1. The number of ether oxygens (including phenoxy) is 1. The second kappa shape index (κ2) is 5.56. The fourth-order valence-electron chi connectivity index (χ4n) is 1.76. The second-order valence-corrected chi connectivity index (χ2v) is 4.20. The normalized spacial score (nSPS) is 11.9. The van der Waals surface area contributed by atoms with Gasteiger partial charge in [-0.3, -0.25) is 9.78 Å². The average molecular weight is 260 g/mol. The van der Waals surface area contributed by atoms with Gasteiger partial charge in [0.05, 0.1) is 13.2 Å². The number of nitrogens with zero attached hydrogens (tertiary/aromatic N) is 2. The molecule has 1 amide bonds. The summed E-state index contributed by atoms with van der Waals surface area (Å²) >= 11 is 0. The van der Waals surface area contributed by atoms with Crippen LogP contribution < -0.4 is 4.74 Å². The Kier molecular flexibility index (Phi) is 3.85. The number of hydrogen-bond donors (Lipinski definition) is 0. The van der Waals surface area contributed by atoms with Gasteiger partial charge in [-0.25, -0.2) is 0 Å². The summed E-state index contributed by atoms with van der Waals surface area (Å²) in [6.07, 6.45) is 3.42. The van der Waals surface area contributed by atoms with Crippen LogP contribution in [0.1, 0.15) is 29.1 Å². The Morgan fingerprint density at radius 3 is 2.58 bits per heavy atom. The molecular formula is C14H16N2O3. The zero-order valence-electron chi connectivity index (χ0n) is 11.2. The van der Waals surface area contributed by atoms with E-state index in [9.17, 15) is 4.79 Å². The van der Waals surface area contributed by atoms with Crippen molar-refractivity contribution >= 4 is 5.91 Å².